The summed E-state index contributed by atoms with van der Waals surface area (Å²) in [5.41, 5.74) is 7.92. The van der Waals surface area contributed by atoms with Gasteiger partial charge < -0.3 is 5.73 Å². The number of benzene rings is 1. The Kier molecular flexibility index (Phi) is 3.31. The number of hydrogen-bond donors (Lipinski definition) is 1. The quantitative estimate of drug-likeness (QED) is 0.890. The molecule has 0 fully saturated rings. The van der Waals surface area contributed by atoms with Gasteiger partial charge >= 0.3 is 0 Å². The number of aromatic nitrogens is 1. The third-order valence-electron chi connectivity index (χ3n) is 2.37. The van der Waals surface area contributed by atoms with Crippen molar-refractivity contribution in [1.29, 1.82) is 0 Å². The van der Waals surface area contributed by atoms with Gasteiger partial charge in [0.1, 0.15) is 10.8 Å². The summed E-state index contributed by atoms with van der Waals surface area (Å²) in [6.45, 7) is 2.34. The van der Waals surface area contributed by atoms with E-state index < -0.39 is 0 Å². The molecule has 2 nitrogen and oxygen atoms in total. The minimum Gasteiger partial charge on any atom is -0.330 e. The first-order valence-corrected chi connectivity index (χ1v) is 5.99. The predicted molar refractivity (Wildman–Crippen MR) is 65.0 cm³/mol. The molecule has 0 aliphatic carbocycles. The fourth-order valence-electron chi connectivity index (χ4n) is 1.43. The van der Waals surface area contributed by atoms with Crippen LogP contribution in [0.25, 0.3) is 10.6 Å². The Balaban J connectivity index is 2.31. The second-order valence-corrected chi connectivity index (χ2v) is 4.50. The molecule has 1 aromatic heterocycles. The zero-order chi connectivity index (χ0) is 11.5. The van der Waals surface area contributed by atoms with Crippen molar-refractivity contribution in [2.45, 2.75) is 13.3 Å². The molecule has 2 aromatic rings. The standard InChI is InChI=1S/C12H13FN2S/c1-8-2-3-9(6-11(8)13)12-15-10(4-5-14)7-16-12/h2-3,6-7H,4-5,14H2,1H3. The van der Waals surface area contributed by atoms with E-state index in [4.69, 9.17) is 5.73 Å². The highest BCUT2D eigenvalue weighted by Crippen LogP contribution is 2.25. The predicted octanol–water partition coefficient (Wildman–Crippen LogP) is 2.76. The van der Waals surface area contributed by atoms with E-state index >= 15 is 0 Å². The van der Waals surface area contributed by atoms with Gasteiger partial charge in [0.25, 0.3) is 0 Å². The fourth-order valence-corrected chi connectivity index (χ4v) is 2.28. The van der Waals surface area contributed by atoms with Crippen molar-refractivity contribution >= 4 is 11.3 Å². The van der Waals surface area contributed by atoms with Gasteiger partial charge in [-0.15, -0.1) is 11.3 Å². The minimum atomic E-state index is -0.187. The summed E-state index contributed by atoms with van der Waals surface area (Å²) >= 11 is 1.52. The van der Waals surface area contributed by atoms with Crippen molar-refractivity contribution in [3.8, 4) is 10.6 Å². The third kappa shape index (κ3) is 2.28. The summed E-state index contributed by atoms with van der Waals surface area (Å²) in [6.07, 6.45) is 0.769. The van der Waals surface area contributed by atoms with E-state index in [-0.39, 0.29) is 5.82 Å². The van der Waals surface area contributed by atoms with Crippen LogP contribution in [0.2, 0.25) is 0 Å². The lowest BCUT2D eigenvalue weighted by Crippen LogP contribution is -2.02. The number of aryl methyl sites for hydroxylation is 1. The summed E-state index contributed by atoms with van der Waals surface area (Å²) < 4.78 is 13.4. The van der Waals surface area contributed by atoms with Crippen molar-refractivity contribution in [2.24, 2.45) is 5.73 Å². The van der Waals surface area contributed by atoms with Gasteiger partial charge in [-0.3, -0.25) is 0 Å². The molecule has 0 radical (unpaired) electrons. The third-order valence-corrected chi connectivity index (χ3v) is 3.31. The smallest absolute Gasteiger partial charge is 0.126 e. The van der Waals surface area contributed by atoms with Crippen LogP contribution in [0.1, 0.15) is 11.3 Å². The van der Waals surface area contributed by atoms with Crippen LogP contribution < -0.4 is 5.73 Å². The van der Waals surface area contributed by atoms with E-state index in [0.717, 1.165) is 22.7 Å². The highest BCUT2D eigenvalue weighted by Gasteiger charge is 2.06. The van der Waals surface area contributed by atoms with Crippen molar-refractivity contribution in [3.05, 3.63) is 40.7 Å². The number of nitrogens with two attached hydrogens (primary N) is 1. The fraction of sp³-hybridized carbons (Fsp3) is 0.250. The van der Waals surface area contributed by atoms with Crippen molar-refractivity contribution in [2.75, 3.05) is 6.54 Å². The summed E-state index contributed by atoms with van der Waals surface area (Å²) in [4.78, 5) is 4.41. The molecule has 1 aromatic carbocycles. The van der Waals surface area contributed by atoms with Crippen LogP contribution in [0.4, 0.5) is 4.39 Å². The maximum absolute atomic E-state index is 13.4. The molecule has 2 rings (SSSR count). The van der Waals surface area contributed by atoms with Gasteiger partial charge in [-0.1, -0.05) is 12.1 Å². The molecule has 0 amide bonds. The van der Waals surface area contributed by atoms with Crippen LogP contribution in [0, 0.1) is 12.7 Å². The highest BCUT2D eigenvalue weighted by molar-refractivity contribution is 7.13. The van der Waals surface area contributed by atoms with Gasteiger partial charge in [-0.2, -0.15) is 0 Å². The van der Waals surface area contributed by atoms with Gasteiger partial charge in [0.15, 0.2) is 0 Å². The maximum Gasteiger partial charge on any atom is 0.126 e. The Bertz CT molecular complexity index is 494. The molecule has 0 saturated heterocycles. The van der Waals surface area contributed by atoms with Crippen molar-refractivity contribution < 1.29 is 4.39 Å². The van der Waals surface area contributed by atoms with E-state index in [9.17, 15) is 4.39 Å². The molecule has 0 unspecified atom stereocenters. The van der Waals surface area contributed by atoms with Gasteiger partial charge in [0, 0.05) is 17.4 Å². The van der Waals surface area contributed by atoms with Crippen molar-refractivity contribution in [3.63, 3.8) is 0 Å². The van der Waals surface area contributed by atoms with Gasteiger partial charge in [0.2, 0.25) is 0 Å². The van der Waals surface area contributed by atoms with E-state index in [0.29, 0.717) is 12.1 Å². The second kappa shape index (κ2) is 4.72. The van der Waals surface area contributed by atoms with Crippen molar-refractivity contribution in [1.82, 2.24) is 4.98 Å². The first-order chi connectivity index (χ1) is 7.70. The van der Waals surface area contributed by atoms with Gasteiger partial charge in [-0.05, 0) is 25.1 Å². The Hall–Kier alpha value is -1.26. The molecular weight excluding hydrogens is 223 g/mol. The lowest BCUT2D eigenvalue weighted by molar-refractivity contribution is 0.619. The summed E-state index contributed by atoms with van der Waals surface area (Å²) in [6, 6.07) is 5.19. The maximum atomic E-state index is 13.4. The largest absolute Gasteiger partial charge is 0.330 e. The van der Waals surface area contributed by atoms with E-state index in [2.05, 4.69) is 4.98 Å². The molecule has 0 aliphatic heterocycles. The summed E-state index contributed by atoms with van der Waals surface area (Å²) in [5, 5.41) is 2.82. The zero-order valence-electron chi connectivity index (χ0n) is 9.03. The number of hydrogen-bond acceptors (Lipinski definition) is 3. The van der Waals surface area contributed by atoms with Crippen LogP contribution in [0.15, 0.2) is 23.6 Å². The Labute approximate surface area is 97.9 Å². The first kappa shape index (κ1) is 11.2. The lowest BCUT2D eigenvalue weighted by Gasteiger charge is -1.99. The number of thiazole rings is 1. The average Bonchev–Trinajstić information content (AvgIpc) is 2.71. The van der Waals surface area contributed by atoms with Crippen LogP contribution in [0.3, 0.4) is 0 Å². The van der Waals surface area contributed by atoms with Crippen LogP contribution in [0.5, 0.6) is 0 Å². The molecule has 4 heteroatoms. The topological polar surface area (TPSA) is 38.9 Å². The highest BCUT2D eigenvalue weighted by atomic mass is 32.1. The Morgan fingerprint density at radius 1 is 1.44 bits per heavy atom. The van der Waals surface area contributed by atoms with Gasteiger partial charge in [-0.25, -0.2) is 9.37 Å². The number of halogens is 1. The monoisotopic (exact) mass is 236 g/mol. The molecule has 0 aliphatic rings. The van der Waals surface area contributed by atoms with Crippen LogP contribution >= 0.6 is 11.3 Å². The normalized spacial score (nSPS) is 10.7. The molecule has 0 bridgehead atoms. The zero-order valence-corrected chi connectivity index (χ0v) is 9.85. The van der Waals surface area contributed by atoms with Gasteiger partial charge in [0.05, 0.1) is 5.69 Å². The molecule has 84 valence electrons. The molecule has 16 heavy (non-hydrogen) atoms. The first-order valence-electron chi connectivity index (χ1n) is 5.11. The molecular formula is C12H13FN2S. The SMILES string of the molecule is Cc1ccc(-c2nc(CCN)cs2)cc1F. The van der Waals surface area contributed by atoms with Crippen LogP contribution in [-0.4, -0.2) is 11.5 Å². The summed E-state index contributed by atoms with van der Waals surface area (Å²) in [7, 11) is 0. The lowest BCUT2D eigenvalue weighted by atomic mass is 10.1. The van der Waals surface area contributed by atoms with E-state index in [1.807, 2.05) is 11.4 Å². The molecule has 0 saturated carbocycles. The van der Waals surface area contributed by atoms with E-state index in [1.54, 1.807) is 13.0 Å². The average molecular weight is 236 g/mol. The van der Waals surface area contributed by atoms with E-state index in [1.165, 1.54) is 17.4 Å². The molecule has 0 atom stereocenters. The molecule has 0 spiro atoms. The molecule has 1 heterocycles. The number of nitrogens with zero attached hydrogens (tertiary/aromatic N) is 1. The Morgan fingerprint density at radius 3 is 2.94 bits per heavy atom. The Morgan fingerprint density at radius 2 is 2.25 bits per heavy atom. The molecule has 2 N–H and O–H groups in total. The number of rotatable bonds is 3. The van der Waals surface area contributed by atoms with Crippen LogP contribution in [-0.2, 0) is 6.42 Å². The summed E-state index contributed by atoms with van der Waals surface area (Å²) in [5.74, 6) is -0.187. The second-order valence-electron chi connectivity index (χ2n) is 3.65. The minimum absolute atomic E-state index is 0.187.